The first-order valence-electron chi connectivity index (χ1n) is 6.07. The Morgan fingerprint density at radius 2 is 2.00 bits per heavy atom. The van der Waals surface area contributed by atoms with Crippen molar-refractivity contribution in [1.29, 1.82) is 0 Å². The highest BCUT2D eigenvalue weighted by molar-refractivity contribution is 7.89. The second-order valence-electron chi connectivity index (χ2n) is 4.60. The number of aromatic nitrogens is 1. The van der Waals surface area contributed by atoms with Gasteiger partial charge in [-0.2, -0.15) is 0 Å². The Balaban J connectivity index is 2.26. The number of hydrogen-bond acceptors (Lipinski definition) is 4. The van der Waals surface area contributed by atoms with Gasteiger partial charge in [0, 0.05) is 28.1 Å². The first kappa shape index (κ1) is 15.0. The van der Waals surface area contributed by atoms with Crippen LogP contribution in [0.25, 0.3) is 0 Å². The molecule has 0 aliphatic rings. The fourth-order valence-corrected chi connectivity index (χ4v) is 4.22. The molecule has 2 rings (SSSR count). The molecule has 1 atom stereocenters. The third kappa shape index (κ3) is 3.17. The highest BCUT2D eigenvalue weighted by Gasteiger charge is 2.20. The second kappa shape index (κ2) is 5.51. The standard InChI is InChI=1S/C13H16N2O3S2/c1-8-6-12(10(3)19-8)9(2)15-20(17,18)11-4-5-13(16)14-7-11/h4-7,9,15H,1-3H3,(H,14,16). The van der Waals surface area contributed by atoms with Crippen molar-refractivity contribution < 1.29 is 8.42 Å². The average molecular weight is 312 g/mol. The van der Waals surface area contributed by atoms with Crippen molar-refractivity contribution in [2.45, 2.75) is 31.7 Å². The number of hydrogen-bond donors (Lipinski definition) is 2. The summed E-state index contributed by atoms with van der Waals surface area (Å²) < 4.78 is 27.1. The minimum Gasteiger partial charge on any atom is -0.328 e. The molecule has 0 amide bonds. The predicted molar refractivity (Wildman–Crippen MR) is 79.6 cm³/mol. The van der Waals surface area contributed by atoms with Crippen molar-refractivity contribution in [2.75, 3.05) is 0 Å². The fourth-order valence-electron chi connectivity index (χ4n) is 2.01. The van der Waals surface area contributed by atoms with Crippen molar-refractivity contribution in [1.82, 2.24) is 9.71 Å². The maximum absolute atomic E-state index is 12.2. The van der Waals surface area contributed by atoms with Crippen LogP contribution in [0.15, 0.2) is 34.1 Å². The lowest BCUT2D eigenvalue weighted by Gasteiger charge is -2.14. The molecule has 2 aromatic heterocycles. The van der Waals surface area contributed by atoms with Gasteiger partial charge in [0.2, 0.25) is 15.6 Å². The minimum atomic E-state index is -3.65. The van der Waals surface area contributed by atoms with Gasteiger partial charge in [-0.25, -0.2) is 13.1 Å². The van der Waals surface area contributed by atoms with Crippen LogP contribution < -0.4 is 10.3 Å². The second-order valence-corrected chi connectivity index (χ2v) is 7.77. The van der Waals surface area contributed by atoms with Crippen molar-refractivity contribution in [3.63, 3.8) is 0 Å². The zero-order valence-electron chi connectivity index (χ0n) is 11.4. The van der Waals surface area contributed by atoms with Crippen LogP contribution >= 0.6 is 11.3 Å². The summed E-state index contributed by atoms with van der Waals surface area (Å²) in [6, 6.07) is 4.15. The van der Waals surface area contributed by atoms with Crippen molar-refractivity contribution >= 4 is 21.4 Å². The zero-order chi connectivity index (χ0) is 14.9. The van der Waals surface area contributed by atoms with E-state index in [4.69, 9.17) is 0 Å². The molecule has 0 aliphatic heterocycles. The summed E-state index contributed by atoms with van der Waals surface area (Å²) in [7, 11) is -3.65. The molecule has 0 radical (unpaired) electrons. The van der Waals surface area contributed by atoms with Gasteiger partial charge in [0.25, 0.3) is 0 Å². The van der Waals surface area contributed by atoms with Crippen LogP contribution in [-0.2, 0) is 10.0 Å². The molecule has 0 spiro atoms. The van der Waals surface area contributed by atoms with Crippen molar-refractivity contribution in [3.05, 3.63) is 50.1 Å². The maximum Gasteiger partial charge on any atom is 0.247 e. The summed E-state index contributed by atoms with van der Waals surface area (Å²) in [4.78, 5) is 15.6. The quantitative estimate of drug-likeness (QED) is 0.907. The Bertz CT molecular complexity index is 755. The Morgan fingerprint density at radius 1 is 1.30 bits per heavy atom. The molecule has 0 saturated heterocycles. The monoisotopic (exact) mass is 312 g/mol. The molecular formula is C13H16N2O3S2. The molecule has 0 fully saturated rings. The van der Waals surface area contributed by atoms with Crippen LogP contribution in [0.3, 0.4) is 0 Å². The van der Waals surface area contributed by atoms with E-state index < -0.39 is 10.0 Å². The minimum absolute atomic E-state index is 0.0496. The number of rotatable bonds is 4. The van der Waals surface area contributed by atoms with E-state index in [1.807, 2.05) is 19.9 Å². The Hall–Kier alpha value is -1.44. The van der Waals surface area contributed by atoms with Gasteiger partial charge < -0.3 is 4.98 Å². The topological polar surface area (TPSA) is 79.0 Å². The van der Waals surface area contributed by atoms with E-state index >= 15 is 0 Å². The number of sulfonamides is 1. The van der Waals surface area contributed by atoms with Gasteiger partial charge in [0.15, 0.2) is 0 Å². The third-order valence-corrected chi connectivity index (χ3v) is 5.46. The maximum atomic E-state index is 12.2. The number of aryl methyl sites for hydroxylation is 2. The molecule has 2 heterocycles. The first-order chi connectivity index (χ1) is 9.29. The molecule has 5 nitrogen and oxygen atoms in total. The van der Waals surface area contributed by atoms with Gasteiger partial charge in [-0.3, -0.25) is 4.79 Å². The first-order valence-corrected chi connectivity index (χ1v) is 8.37. The van der Waals surface area contributed by atoms with Crippen molar-refractivity contribution in [3.8, 4) is 0 Å². The predicted octanol–water partition coefficient (Wildman–Crippen LogP) is 2.09. The molecular weight excluding hydrogens is 296 g/mol. The molecule has 7 heteroatoms. The van der Waals surface area contributed by atoms with Gasteiger partial charge in [0.1, 0.15) is 0 Å². The summed E-state index contributed by atoms with van der Waals surface area (Å²) >= 11 is 1.64. The smallest absolute Gasteiger partial charge is 0.247 e. The Labute approximate surface area is 121 Å². The molecule has 0 saturated carbocycles. The summed E-state index contributed by atoms with van der Waals surface area (Å²) in [5, 5.41) is 0. The van der Waals surface area contributed by atoms with Gasteiger partial charge in [-0.1, -0.05) is 0 Å². The molecule has 1 unspecified atom stereocenters. The van der Waals surface area contributed by atoms with Crippen LogP contribution in [0.1, 0.15) is 28.3 Å². The van der Waals surface area contributed by atoms with Gasteiger partial charge in [-0.05, 0) is 38.5 Å². The Kier molecular flexibility index (Phi) is 4.12. The van der Waals surface area contributed by atoms with E-state index in [2.05, 4.69) is 9.71 Å². The lowest BCUT2D eigenvalue weighted by atomic mass is 10.1. The van der Waals surface area contributed by atoms with E-state index in [0.717, 1.165) is 15.3 Å². The average Bonchev–Trinajstić information content (AvgIpc) is 2.68. The summed E-state index contributed by atoms with van der Waals surface area (Å²) in [6.45, 7) is 5.76. The van der Waals surface area contributed by atoms with Crippen LogP contribution in [-0.4, -0.2) is 13.4 Å². The summed E-state index contributed by atoms with van der Waals surface area (Å²) in [5.74, 6) is 0. The van der Waals surface area contributed by atoms with Crippen LogP contribution in [0.2, 0.25) is 0 Å². The Morgan fingerprint density at radius 3 is 2.50 bits per heavy atom. The normalized spacial score (nSPS) is 13.3. The van der Waals surface area contributed by atoms with E-state index in [9.17, 15) is 13.2 Å². The summed E-state index contributed by atoms with van der Waals surface area (Å²) in [6.07, 6.45) is 1.20. The van der Waals surface area contributed by atoms with E-state index in [-0.39, 0.29) is 16.5 Å². The van der Waals surface area contributed by atoms with Crippen molar-refractivity contribution in [2.24, 2.45) is 0 Å². The van der Waals surface area contributed by atoms with E-state index in [1.54, 1.807) is 18.3 Å². The summed E-state index contributed by atoms with van der Waals surface area (Å²) in [5.41, 5.74) is 0.641. The molecule has 0 bridgehead atoms. The number of aromatic amines is 1. The number of thiophene rings is 1. The highest BCUT2D eigenvalue weighted by Crippen LogP contribution is 2.27. The van der Waals surface area contributed by atoms with Gasteiger partial charge in [0.05, 0.1) is 4.90 Å². The van der Waals surface area contributed by atoms with Crippen LogP contribution in [0.4, 0.5) is 0 Å². The molecule has 2 N–H and O–H groups in total. The lowest BCUT2D eigenvalue weighted by Crippen LogP contribution is -2.27. The third-order valence-electron chi connectivity index (χ3n) is 2.94. The van der Waals surface area contributed by atoms with Crippen LogP contribution in [0.5, 0.6) is 0 Å². The number of pyridine rings is 1. The molecule has 108 valence electrons. The molecule has 2 aromatic rings. The SMILES string of the molecule is Cc1cc(C(C)NS(=O)(=O)c2ccc(=O)[nH]c2)c(C)s1. The van der Waals surface area contributed by atoms with E-state index in [1.165, 1.54) is 18.3 Å². The molecule has 0 aromatic carbocycles. The number of H-pyrrole nitrogens is 1. The largest absolute Gasteiger partial charge is 0.328 e. The highest BCUT2D eigenvalue weighted by atomic mass is 32.2. The number of nitrogens with one attached hydrogen (secondary N) is 2. The molecule has 20 heavy (non-hydrogen) atoms. The zero-order valence-corrected chi connectivity index (χ0v) is 13.1. The fraction of sp³-hybridized carbons (Fsp3) is 0.308. The van der Waals surface area contributed by atoms with Gasteiger partial charge in [-0.15, -0.1) is 11.3 Å². The van der Waals surface area contributed by atoms with Crippen LogP contribution in [0, 0.1) is 13.8 Å². The van der Waals surface area contributed by atoms with E-state index in [0.29, 0.717) is 0 Å². The van der Waals surface area contributed by atoms with Gasteiger partial charge >= 0.3 is 0 Å². The lowest BCUT2D eigenvalue weighted by molar-refractivity contribution is 0.566. The molecule has 0 aliphatic carbocycles.